The molecule has 0 aliphatic rings. The zero-order chi connectivity index (χ0) is 23.4. The normalized spacial score (nSPS) is 11.9. The van der Waals surface area contributed by atoms with Crippen molar-refractivity contribution in [2.75, 3.05) is 0 Å². The van der Waals surface area contributed by atoms with E-state index in [-0.39, 0.29) is 5.56 Å². The molecular formula is C25H27F2N3O2. The predicted molar refractivity (Wildman–Crippen MR) is 122 cm³/mol. The summed E-state index contributed by atoms with van der Waals surface area (Å²) in [6, 6.07) is 10.7. The van der Waals surface area contributed by atoms with Crippen LogP contribution in [0.25, 0.3) is 27.8 Å². The second-order valence-corrected chi connectivity index (χ2v) is 7.23. The minimum absolute atomic E-state index is 0.101. The van der Waals surface area contributed by atoms with Gasteiger partial charge in [-0.3, -0.25) is 4.79 Å². The average molecular weight is 440 g/mol. The Balaban J connectivity index is 0.00000141. The topological polar surface area (TPSA) is 67.5 Å². The van der Waals surface area contributed by atoms with E-state index in [2.05, 4.69) is 5.10 Å². The van der Waals surface area contributed by atoms with E-state index in [0.717, 1.165) is 11.5 Å². The molecule has 2 heterocycles. The molecule has 0 amide bonds. The number of benzene rings is 2. The van der Waals surface area contributed by atoms with Gasteiger partial charge in [-0.05, 0) is 37.1 Å². The number of aromatic nitrogens is 3. The van der Waals surface area contributed by atoms with Crippen LogP contribution < -0.4 is 0 Å². The third-order valence-electron chi connectivity index (χ3n) is 5.32. The largest absolute Gasteiger partial charge is 0.481 e. The Bertz CT molecular complexity index is 1270. The smallest absolute Gasteiger partial charge is 0.311 e. The highest BCUT2D eigenvalue weighted by Gasteiger charge is 2.30. The van der Waals surface area contributed by atoms with Crippen molar-refractivity contribution in [2.45, 2.75) is 52.9 Å². The van der Waals surface area contributed by atoms with Gasteiger partial charge in [-0.15, -0.1) is 0 Å². The molecule has 0 aliphatic carbocycles. The number of rotatable bonds is 6. The summed E-state index contributed by atoms with van der Waals surface area (Å²) in [5.74, 6) is -3.36. The van der Waals surface area contributed by atoms with Crippen molar-refractivity contribution in [3.63, 3.8) is 0 Å². The molecule has 0 fully saturated rings. The summed E-state index contributed by atoms with van der Waals surface area (Å²) in [6.45, 7) is 7.78. The number of hydrogen-bond donors (Lipinski definition) is 1. The van der Waals surface area contributed by atoms with E-state index >= 15 is 0 Å². The van der Waals surface area contributed by atoms with Crippen molar-refractivity contribution in [3.05, 3.63) is 65.4 Å². The maximum Gasteiger partial charge on any atom is 0.311 e. The van der Waals surface area contributed by atoms with Crippen LogP contribution in [-0.4, -0.2) is 25.7 Å². The number of fused-ring (bicyclic) bond motifs is 3. The summed E-state index contributed by atoms with van der Waals surface area (Å²) in [7, 11) is 0. The van der Waals surface area contributed by atoms with Gasteiger partial charge in [-0.1, -0.05) is 46.2 Å². The van der Waals surface area contributed by atoms with Gasteiger partial charge < -0.3 is 5.11 Å². The lowest BCUT2D eigenvalue weighted by atomic mass is 9.88. The van der Waals surface area contributed by atoms with Crippen LogP contribution in [0.2, 0.25) is 0 Å². The molecule has 0 radical (unpaired) electrons. The zero-order valence-electron chi connectivity index (χ0n) is 18.7. The Kier molecular flexibility index (Phi) is 7.18. The molecular weight excluding hydrogens is 412 g/mol. The lowest BCUT2D eigenvalue weighted by Crippen LogP contribution is -2.18. The molecule has 5 nitrogen and oxygen atoms in total. The van der Waals surface area contributed by atoms with E-state index < -0.39 is 23.5 Å². The van der Waals surface area contributed by atoms with Gasteiger partial charge in [0.25, 0.3) is 0 Å². The predicted octanol–water partition coefficient (Wildman–Crippen LogP) is 6.38. The van der Waals surface area contributed by atoms with Crippen LogP contribution in [0.5, 0.6) is 0 Å². The third-order valence-corrected chi connectivity index (χ3v) is 5.32. The molecule has 2 aromatic carbocycles. The van der Waals surface area contributed by atoms with Gasteiger partial charge in [0.2, 0.25) is 0 Å². The molecule has 0 saturated carbocycles. The third kappa shape index (κ3) is 4.07. The Morgan fingerprint density at radius 2 is 1.84 bits per heavy atom. The number of hydrogen-bond acceptors (Lipinski definition) is 3. The van der Waals surface area contributed by atoms with E-state index in [1.165, 1.54) is 16.6 Å². The second-order valence-electron chi connectivity index (χ2n) is 7.23. The Hall–Kier alpha value is -3.35. The van der Waals surface area contributed by atoms with Crippen molar-refractivity contribution < 1.29 is 18.7 Å². The molecule has 2 aromatic heterocycles. The standard InChI is InChI=1S/C23H21F2N3O2.C2H6/c1-3-7-16(23(29)30)20-18(4-2)26-22-15-8-5-6-9-19(15)27-28(22)21(20)14-11-10-13(24)12-17(14)25;1-2/h5-6,8-12,16H,3-4,7H2,1-2H3,(H,29,30);1-2H3. The van der Waals surface area contributed by atoms with Crippen LogP contribution >= 0.6 is 0 Å². The number of aliphatic carboxylic acids is 1. The lowest BCUT2D eigenvalue weighted by Gasteiger charge is -2.21. The van der Waals surface area contributed by atoms with Crippen molar-refractivity contribution in [3.8, 4) is 11.3 Å². The molecule has 0 spiro atoms. The number of halogens is 2. The average Bonchev–Trinajstić information content (AvgIpc) is 3.16. The lowest BCUT2D eigenvalue weighted by molar-refractivity contribution is -0.139. The van der Waals surface area contributed by atoms with E-state index in [1.807, 2.05) is 52.0 Å². The van der Waals surface area contributed by atoms with E-state index in [1.54, 1.807) is 0 Å². The molecule has 1 unspecified atom stereocenters. The monoisotopic (exact) mass is 439 g/mol. The molecule has 1 N–H and O–H groups in total. The quantitative estimate of drug-likeness (QED) is 0.378. The Labute approximate surface area is 185 Å². The molecule has 4 aromatic rings. The summed E-state index contributed by atoms with van der Waals surface area (Å²) in [6.07, 6.45) is 1.46. The van der Waals surface area contributed by atoms with Crippen LogP contribution in [0, 0.1) is 11.6 Å². The summed E-state index contributed by atoms with van der Waals surface area (Å²) in [5.41, 5.74) is 2.60. The fourth-order valence-electron chi connectivity index (χ4n) is 3.98. The van der Waals surface area contributed by atoms with Crippen molar-refractivity contribution in [1.29, 1.82) is 0 Å². The van der Waals surface area contributed by atoms with Gasteiger partial charge in [0.05, 0.1) is 17.1 Å². The van der Waals surface area contributed by atoms with E-state index in [4.69, 9.17) is 4.98 Å². The van der Waals surface area contributed by atoms with Crippen LogP contribution in [0.3, 0.4) is 0 Å². The number of carbonyl (C=O) groups is 1. The van der Waals surface area contributed by atoms with Gasteiger partial charge in [0.15, 0.2) is 5.65 Å². The maximum atomic E-state index is 14.9. The number of carboxylic acid groups (broad SMARTS) is 1. The first kappa shape index (κ1) is 23.3. The highest BCUT2D eigenvalue weighted by molar-refractivity contribution is 5.94. The number of nitrogens with zero attached hydrogens (tertiary/aromatic N) is 3. The van der Waals surface area contributed by atoms with Crippen molar-refractivity contribution in [2.24, 2.45) is 0 Å². The zero-order valence-corrected chi connectivity index (χ0v) is 18.7. The van der Waals surface area contributed by atoms with Gasteiger partial charge in [0, 0.05) is 28.3 Å². The molecule has 0 saturated heterocycles. The summed E-state index contributed by atoms with van der Waals surface area (Å²) in [4.78, 5) is 16.9. The van der Waals surface area contributed by atoms with Gasteiger partial charge in [-0.25, -0.2) is 18.3 Å². The highest BCUT2D eigenvalue weighted by Crippen LogP contribution is 2.37. The van der Waals surface area contributed by atoms with Crippen molar-refractivity contribution in [1.82, 2.24) is 14.6 Å². The fourth-order valence-corrected chi connectivity index (χ4v) is 3.98. The fraction of sp³-hybridized carbons (Fsp3) is 0.320. The van der Waals surface area contributed by atoms with E-state index in [0.29, 0.717) is 47.4 Å². The Morgan fingerprint density at radius 3 is 2.47 bits per heavy atom. The summed E-state index contributed by atoms with van der Waals surface area (Å²) < 4.78 is 30.1. The first-order valence-electron chi connectivity index (χ1n) is 10.9. The molecule has 7 heteroatoms. The number of carboxylic acids is 1. The molecule has 0 bridgehead atoms. The molecule has 1 atom stereocenters. The first-order valence-corrected chi connectivity index (χ1v) is 10.9. The minimum atomic E-state index is -1.01. The molecule has 0 aliphatic heterocycles. The number of aryl methyl sites for hydroxylation is 1. The molecule has 168 valence electrons. The maximum absolute atomic E-state index is 14.9. The van der Waals surface area contributed by atoms with Gasteiger partial charge in [0.1, 0.15) is 11.6 Å². The minimum Gasteiger partial charge on any atom is -0.481 e. The van der Waals surface area contributed by atoms with Gasteiger partial charge >= 0.3 is 5.97 Å². The first-order chi connectivity index (χ1) is 15.5. The summed E-state index contributed by atoms with van der Waals surface area (Å²) in [5, 5.41) is 15.3. The van der Waals surface area contributed by atoms with E-state index in [9.17, 15) is 18.7 Å². The van der Waals surface area contributed by atoms with Gasteiger partial charge in [-0.2, -0.15) is 5.10 Å². The Morgan fingerprint density at radius 1 is 1.12 bits per heavy atom. The van der Waals surface area contributed by atoms with Crippen LogP contribution in [-0.2, 0) is 11.2 Å². The molecule has 4 rings (SSSR count). The van der Waals surface area contributed by atoms with Crippen LogP contribution in [0.1, 0.15) is 57.7 Å². The van der Waals surface area contributed by atoms with Crippen LogP contribution in [0.4, 0.5) is 8.78 Å². The molecule has 32 heavy (non-hydrogen) atoms. The second kappa shape index (κ2) is 9.85. The SMILES string of the molecule is CC.CCCC(C(=O)O)c1c(CC)nc2c3ccccc3nn2c1-c1ccc(F)cc1F. The van der Waals surface area contributed by atoms with Crippen LogP contribution in [0.15, 0.2) is 42.5 Å². The highest BCUT2D eigenvalue weighted by atomic mass is 19.1. The van der Waals surface area contributed by atoms with Crippen molar-refractivity contribution >= 4 is 22.5 Å². The summed E-state index contributed by atoms with van der Waals surface area (Å²) >= 11 is 0.